The van der Waals surface area contributed by atoms with E-state index in [9.17, 15) is 10.1 Å². The summed E-state index contributed by atoms with van der Waals surface area (Å²) in [5, 5.41) is 15.0. The Kier molecular flexibility index (Phi) is 4.38. The van der Waals surface area contributed by atoms with Gasteiger partial charge >= 0.3 is 0 Å². The van der Waals surface area contributed by atoms with Crippen LogP contribution in [0, 0.1) is 17.0 Å². The lowest BCUT2D eigenvalue weighted by atomic mass is 10.1. The van der Waals surface area contributed by atoms with E-state index in [1.54, 1.807) is 24.4 Å². The normalized spacial score (nSPS) is 10.9. The number of nitrogens with one attached hydrogen (secondary N) is 1. The highest BCUT2D eigenvalue weighted by molar-refractivity contribution is 5.78. The van der Waals surface area contributed by atoms with E-state index in [1.807, 2.05) is 37.3 Å². The monoisotopic (exact) mass is 321 g/mol. The number of nitro groups is 1. The van der Waals surface area contributed by atoms with E-state index in [2.05, 4.69) is 10.5 Å². The van der Waals surface area contributed by atoms with Gasteiger partial charge in [-0.25, -0.2) is 0 Å². The Morgan fingerprint density at radius 1 is 1.12 bits per heavy atom. The molecule has 0 radical (unpaired) electrons. The van der Waals surface area contributed by atoms with E-state index >= 15 is 0 Å². The largest absolute Gasteiger partial charge is 0.455 e. The maximum atomic E-state index is 10.9. The van der Waals surface area contributed by atoms with Crippen LogP contribution in [0.1, 0.15) is 11.3 Å². The fraction of sp³-hybridized carbons (Fsp3) is 0.0556. The molecule has 0 aliphatic carbocycles. The first kappa shape index (κ1) is 15.5. The molecule has 1 aromatic heterocycles. The van der Waals surface area contributed by atoms with Crippen LogP contribution in [0.15, 0.2) is 70.2 Å². The Hall–Kier alpha value is -3.41. The van der Waals surface area contributed by atoms with Crippen LogP contribution in [0.4, 0.5) is 11.4 Å². The van der Waals surface area contributed by atoms with Crippen LogP contribution in [-0.2, 0) is 0 Å². The standard InChI is InChI=1S/C18H15N3O3/c1-13-7-8-15(21(22)23)11-17(13)18-10-9-16(24-18)12-19-20-14-5-3-2-4-6-14/h2-12,20H,1H3/b19-12-. The number of hydrogen-bond acceptors (Lipinski definition) is 5. The molecule has 6 heteroatoms. The Morgan fingerprint density at radius 3 is 2.67 bits per heavy atom. The third kappa shape index (κ3) is 3.49. The van der Waals surface area contributed by atoms with E-state index in [4.69, 9.17) is 4.42 Å². The average Bonchev–Trinajstić information content (AvgIpc) is 3.04. The topological polar surface area (TPSA) is 80.7 Å². The second-order valence-electron chi connectivity index (χ2n) is 5.19. The van der Waals surface area contributed by atoms with Gasteiger partial charge in [-0.3, -0.25) is 15.5 Å². The molecular formula is C18H15N3O3. The zero-order chi connectivity index (χ0) is 16.9. The van der Waals surface area contributed by atoms with Gasteiger partial charge in [-0.15, -0.1) is 0 Å². The number of nitro benzene ring substituents is 1. The first-order chi connectivity index (χ1) is 11.6. The van der Waals surface area contributed by atoms with Crippen LogP contribution in [-0.4, -0.2) is 11.1 Å². The third-order valence-electron chi connectivity index (χ3n) is 3.48. The highest BCUT2D eigenvalue weighted by Gasteiger charge is 2.12. The van der Waals surface area contributed by atoms with Gasteiger partial charge in [0.2, 0.25) is 0 Å². The summed E-state index contributed by atoms with van der Waals surface area (Å²) in [6.07, 6.45) is 1.56. The molecule has 0 saturated heterocycles. The molecule has 0 spiro atoms. The minimum atomic E-state index is -0.419. The number of hydrogen-bond donors (Lipinski definition) is 1. The van der Waals surface area contributed by atoms with Crippen LogP contribution >= 0.6 is 0 Å². The first-order valence-corrected chi connectivity index (χ1v) is 7.33. The number of rotatable bonds is 5. The molecule has 0 saturated carbocycles. The minimum Gasteiger partial charge on any atom is -0.455 e. The molecule has 0 amide bonds. The van der Waals surface area contributed by atoms with Crippen molar-refractivity contribution in [3.8, 4) is 11.3 Å². The van der Waals surface area contributed by atoms with Gasteiger partial charge in [0.1, 0.15) is 11.5 Å². The number of nitrogens with zero attached hydrogens (tertiary/aromatic N) is 2. The van der Waals surface area contributed by atoms with Gasteiger partial charge < -0.3 is 4.42 Å². The van der Waals surface area contributed by atoms with Crippen molar-refractivity contribution in [2.75, 3.05) is 5.43 Å². The number of para-hydroxylation sites is 1. The molecule has 0 aliphatic heterocycles. The number of non-ortho nitro benzene ring substituents is 1. The van der Waals surface area contributed by atoms with E-state index in [0.29, 0.717) is 17.1 Å². The molecule has 0 atom stereocenters. The smallest absolute Gasteiger partial charge is 0.270 e. The molecule has 6 nitrogen and oxygen atoms in total. The van der Waals surface area contributed by atoms with E-state index in [-0.39, 0.29) is 5.69 Å². The maximum Gasteiger partial charge on any atom is 0.270 e. The van der Waals surface area contributed by atoms with E-state index in [1.165, 1.54) is 12.1 Å². The third-order valence-corrected chi connectivity index (χ3v) is 3.48. The Bertz CT molecular complexity index is 886. The molecule has 0 aliphatic rings. The first-order valence-electron chi connectivity index (χ1n) is 7.33. The molecule has 1 heterocycles. The Morgan fingerprint density at radius 2 is 1.92 bits per heavy atom. The minimum absolute atomic E-state index is 0.0351. The lowest BCUT2D eigenvalue weighted by molar-refractivity contribution is -0.384. The van der Waals surface area contributed by atoms with Crippen LogP contribution in [0.5, 0.6) is 0 Å². The van der Waals surface area contributed by atoms with Crippen molar-refractivity contribution in [3.63, 3.8) is 0 Å². The fourth-order valence-electron chi connectivity index (χ4n) is 2.24. The lowest BCUT2D eigenvalue weighted by Gasteiger charge is -2.02. The molecule has 3 aromatic rings. The van der Waals surface area contributed by atoms with Crippen molar-refractivity contribution in [2.24, 2.45) is 5.10 Å². The van der Waals surface area contributed by atoms with Gasteiger partial charge in [0.15, 0.2) is 0 Å². The number of benzene rings is 2. The van der Waals surface area contributed by atoms with Crippen molar-refractivity contribution in [2.45, 2.75) is 6.92 Å². The van der Waals surface area contributed by atoms with Crippen molar-refractivity contribution < 1.29 is 9.34 Å². The highest BCUT2D eigenvalue weighted by atomic mass is 16.6. The maximum absolute atomic E-state index is 10.9. The molecule has 3 rings (SSSR count). The van der Waals surface area contributed by atoms with Gasteiger partial charge in [0.25, 0.3) is 5.69 Å². The number of anilines is 1. The van der Waals surface area contributed by atoms with Gasteiger partial charge in [-0.2, -0.15) is 5.10 Å². The highest BCUT2D eigenvalue weighted by Crippen LogP contribution is 2.28. The molecule has 0 unspecified atom stereocenters. The molecule has 2 aromatic carbocycles. The van der Waals surface area contributed by atoms with E-state index < -0.39 is 4.92 Å². The van der Waals surface area contributed by atoms with Gasteiger partial charge in [-0.1, -0.05) is 24.3 Å². The predicted molar refractivity (Wildman–Crippen MR) is 93.2 cm³/mol. The molecule has 24 heavy (non-hydrogen) atoms. The quantitative estimate of drug-likeness (QED) is 0.423. The zero-order valence-electron chi connectivity index (χ0n) is 13.0. The number of aryl methyl sites for hydroxylation is 1. The summed E-state index contributed by atoms with van der Waals surface area (Å²) in [5.41, 5.74) is 5.40. The van der Waals surface area contributed by atoms with Crippen molar-refractivity contribution in [3.05, 3.63) is 82.1 Å². The van der Waals surface area contributed by atoms with E-state index in [0.717, 1.165) is 11.3 Å². The van der Waals surface area contributed by atoms with Crippen LogP contribution in [0.2, 0.25) is 0 Å². The lowest BCUT2D eigenvalue weighted by Crippen LogP contribution is -1.90. The van der Waals surface area contributed by atoms with Crippen molar-refractivity contribution >= 4 is 17.6 Å². The van der Waals surface area contributed by atoms with Crippen LogP contribution < -0.4 is 5.43 Å². The summed E-state index contributed by atoms with van der Waals surface area (Å²) in [4.78, 5) is 10.5. The average molecular weight is 321 g/mol. The molecule has 0 fully saturated rings. The van der Waals surface area contributed by atoms with Crippen molar-refractivity contribution in [1.82, 2.24) is 0 Å². The second kappa shape index (κ2) is 6.78. The molecule has 120 valence electrons. The van der Waals surface area contributed by atoms with Crippen LogP contribution in [0.3, 0.4) is 0 Å². The van der Waals surface area contributed by atoms with Gasteiger partial charge in [0.05, 0.1) is 16.8 Å². The summed E-state index contributed by atoms with van der Waals surface area (Å²) in [6, 6.07) is 17.8. The van der Waals surface area contributed by atoms with Gasteiger partial charge in [-0.05, 0) is 36.8 Å². The van der Waals surface area contributed by atoms with Crippen LogP contribution in [0.25, 0.3) is 11.3 Å². The SMILES string of the molecule is Cc1ccc([N+](=O)[O-])cc1-c1ccc(/C=N\Nc2ccccc2)o1. The molecule has 1 N–H and O–H groups in total. The van der Waals surface area contributed by atoms with Gasteiger partial charge in [0, 0.05) is 17.7 Å². The molecule has 0 bridgehead atoms. The summed E-state index contributed by atoms with van der Waals surface area (Å²) < 4.78 is 5.71. The van der Waals surface area contributed by atoms with Crippen molar-refractivity contribution in [1.29, 1.82) is 0 Å². The summed E-state index contributed by atoms with van der Waals surface area (Å²) in [7, 11) is 0. The Labute approximate surface area is 138 Å². The predicted octanol–water partition coefficient (Wildman–Crippen LogP) is 4.61. The summed E-state index contributed by atoms with van der Waals surface area (Å²) in [5.74, 6) is 1.12. The number of hydrazone groups is 1. The zero-order valence-corrected chi connectivity index (χ0v) is 13.0. The fourth-order valence-corrected chi connectivity index (χ4v) is 2.24. The second-order valence-corrected chi connectivity index (χ2v) is 5.19. The molecular weight excluding hydrogens is 306 g/mol. The summed E-state index contributed by atoms with van der Waals surface area (Å²) in [6.45, 7) is 1.88. The summed E-state index contributed by atoms with van der Waals surface area (Å²) >= 11 is 0. The Balaban J connectivity index is 1.78. The number of furan rings is 1.